The molecule has 12 N–H and O–H groups in total. The zero-order chi connectivity index (χ0) is 25.0. The Morgan fingerprint density at radius 2 is 1.03 bits per heavy atom. The second kappa shape index (κ2) is 17.7. The first-order valence-corrected chi connectivity index (χ1v) is 10.7. The molecular weight excluding hydrogens is 456 g/mol. The fourth-order valence-corrected chi connectivity index (χ4v) is 1.76. The van der Waals surface area contributed by atoms with E-state index in [1.807, 2.05) is 60.7 Å². The van der Waals surface area contributed by atoms with Crippen molar-refractivity contribution in [3.8, 4) is 11.5 Å². The van der Waals surface area contributed by atoms with E-state index in [-0.39, 0.29) is 11.9 Å². The van der Waals surface area contributed by atoms with Crippen LogP contribution in [0.3, 0.4) is 0 Å². The van der Waals surface area contributed by atoms with Crippen molar-refractivity contribution in [2.24, 2.45) is 33.1 Å². The van der Waals surface area contributed by atoms with Crippen molar-refractivity contribution in [1.29, 1.82) is 0 Å². The highest BCUT2D eigenvalue weighted by Crippen LogP contribution is 2.07. The molecule has 0 radical (unpaired) electrons. The van der Waals surface area contributed by atoms with Gasteiger partial charge in [-0.15, -0.1) is 10.2 Å². The predicted molar refractivity (Wildman–Crippen MR) is 126 cm³/mol. The maximum atomic E-state index is 8.74. The molecule has 0 heterocycles. The molecule has 15 heteroatoms. The van der Waals surface area contributed by atoms with Gasteiger partial charge in [0.05, 0.1) is 13.1 Å². The fraction of sp³-hybridized carbons (Fsp3) is 0.222. The van der Waals surface area contributed by atoms with E-state index in [9.17, 15) is 0 Å². The molecule has 0 amide bonds. The van der Waals surface area contributed by atoms with Gasteiger partial charge in [-0.2, -0.15) is 8.42 Å². The number of hydrazone groups is 2. The van der Waals surface area contributed by atoms with E-state index in [0.29, 0.717) is 26.3 Å². The van der Waals surface area contributed by atoms with Gasteiger partial charge < -0.3 is 43.3 Å². The van der Waals surface area contributed by atoms with Gasteiger partial charge in [0.1, 0.15) is 24.7 Å². The van der Waals surface area contributed by atoms with E-state index >= 15 is 0 Å². The SMILES string of the molecule is NC(N)=NNCCOc1ccccc1.NC(N)=NNCCOc1ccccc1.O=S(=O)(O)O. The average Bonchev–Trinajstić information content (AvgIpc) is 2.74. The van der Waals surface area contributed by atoms with E-state index < -0.39 is 10.4 Å². The molecule has 33 heavy (non-hydrogen) atoms. The van der Waals surface area contributed by atoms with Gasteiger partial charge >= 0.3 is 10.4 Å². The molecule has 2 aromatic rings. The summed E-state index contributed by atoms with van der Waals surface area (Å²) in [5.74, 6) is 1.70. The number of nitrogens with zero attached hydrogens (tertiary/aromatic N) is 2. The highest BCUT2D eigenvalue weighted by atomic mass is 32.3. The molecule has 2 aromatic carbocycles. The summed E-state index contributed by atoms with van der Waals surface area (Å²) in [5.41, 5.74) is 25.8. The molecule has 0 spiro atoms. The molecule has 184 valence electrons. The molecule has 0 aliphatic rings. The smallest absolute Gasteiger partial charge is 0.394 e. The lowest BCUT2D eigenvalue weighted by molar-refractivity contribution is 0.315. The van der Waals surface area contributed by atoms with Gasteiger partial charge in [0.15, 0.2) is 0 Å². The number of ether oxygens (including phenoxy) is 2. The average molecular weight is 487 g/mol. The summed E-state index contributed by atoms with van der Waals surface area (Å²) >= 11 is 0. The summed E-state index contributed by atoms with van der Waals surface area (Å²) in [5, 5.41) is 7.20. The lowest BCUT2D eigenvalue weighted by Gasteiger charge is -2.04. The summed E-state index contributed by atoms with van der Waals surface area (Å²) < 4.78 is 42.3. The van der Waals surface area contributed by atoms with Gasteiger partial charge in [-0.3, -0.25) is 9.11 Å². The topological polar surface area (TPSA) is 246 Å². The van der Waals surface area contributed by atoms with Gasteiger partial charge in [0, 0.05) is 0 Å². The van der Waals surface area contributed by atoms with Crippen molar-refractivity contribution in [2.75, 3.05) is 26.3 Å². The summed E-state index contributed by atoms with van der Waals surface area (Å²) in [6.07, 6.45) is 0. The quantitative estimate of drug-likeness (QED) is 0.0664. The van der Waals surface area contributed by atoms with Crippen LogP contribution in [0.15, 0.2) is 70.9 Å². The van der Waals surface area contributed by atoms with Crippen molar-refractivity contribution < 1.29 is 27.0 Å². The second-order valence-electron chi connectivity index (χ2n) is 5.66. The minimum Gasteiger partial charge on any atom is -0.492 e. The Labute approximate surface area is 192 Å². The third-order valence-electron chi connectivity index (χ3n) is 2.87. The largest absolute Gasteiger partial charge is 0.492 e. The van der Waals surface area contributed by atoms with Crippen LogP contribution in [-0.4, -0.2) is 55.7 Å². The lowest BCUT2D eigenvalue weighted by atomic mass is 10.3. The molecule has 0 bridgehead atoms. The highest BCUT2D eigenvalue weighted by molar-refractivity contribution is 7.79. The second-order valence-corrected chi connectivity index (χ2v) is 6.56. The molecule has 0 unspecified atom stereocenters. The maximum absolute atomic E-state index is 8.74. The van der Waals surface area contributed by atoms with Gasteiger partial charge in [-0.25, -0.2) is 0 Å². The maximum Gasteiger partial charge on any atom is 0.394 e. The van der Waals surface area contributed by atoms with Gasteiger partial charge in [-0.05, 0) is 24.3 Å². The summed E-state index contributed by atoms with van der Waals surface area (Å²) in [6, 6.07) is 19.1. The number of para-hydroxylation sites is 2. The number of hydrogen-bond donors (Lipinski definition) is 8. The highest BCUT2D eigenvalue weighted by Gasteiger charge is 1.91. The van der Waals surface area contributed by atoms with Crippen molar-refractivity contribution >= 4 is 22.3 Å². The molecule has 0 aromatic heterocycles. The van der Waals surface area contributed by atoms with Crippen LogP contribution in [0, 0.1) is 0 Å². The molecular formula is C18H30N8O6S. The molecule has 0 atom stereocenters. The number of guanidine groups is 2. The summed E-state index contributed by atoms with van der Waals surface area (Å²) in [7, 11) is -4.67. The van der Waals surface area contributed by atoms with E-state index in [1.165, 1.54) is 0 Å². The van der Waals surface area contributed by atoms with E-state index in [0.717, 1.165) is 11.5 Å². The Bertz CT molecular complexity index is 837. The zero-order valence-corrected chi connectivity index (χ0v) is 18.6. The Kier molecular flexibility index (Phi) is 15.6. The number of rotatable bonds is 10. The van der Waals surface area contributed by atoms with E-state index in [1.54, 1.807) is 0 Å². The first kappa shape index (κ1) is 29.1. The molecule has 14 nitrogen and oxygen atoms in total. The number of nitrogens with two attached hydrogens (primary N) is 4. The summed E-state index contributed by atoms with van der Waals surface area (Å²) in [4.78, 5) is 0. The standard InChI is InChI=1S/2C9H14N4O.H2O4S/c2*10-9(11)13-12-6-7-14-8-4-2-1-3-5-8;1-5(2,3)4/h2*1-5,12H,6-7H2,(H4,10,11,13);(H2,1,2,3,4). The first-order valence-electron chi connectivity index (χ1n) is 9.26. The van der Waals surface area contributed by atoms with E-state index in [4.69, 9.17) is 49.9 Å². The Morgan fingerprint density at radius 3 is 1.30 bits per heavy atom. The minimum atomic E-state index is -4.67. The molecule has 0 fully saturated rings. The van der Waals surface area contributed by atoms with Crippen LogP contribution >= 0.6 is 0 Å². The molecule has 2 rings (SSSR count). The number of nitrogens with one attached hydrogen (secondary N) is 2. The molecule has 0 saturated carbocycles. The van der Waals surface area contributed by atoms with Crippen LogP contribution in [0.2, 0.25) is 0 Å². The predicted octanol–water partition coefficient (Wildman–Crippen LogP) is -0.966. The van der Waals surface area contributed by atoms with Crippen LogP contribution in [0.1, 0.15) is 0 Å². The molecule has 0 saturated heterocycles. The van der Waals surface area contributed by atoms with Gasteiger partial charge in [-0.1, -0.05) is 36.4 Å². The van der Waals surface area contributed by atoms with Crippen molar-refractivity contribution in [1.82, 2.24) is 10.9 Å². The monoisotopic (exact) mass is 486 g/mol. The molecule has 0 aliphatic heterocycles. The van der Waals surface area contributed by atoms with Crippen molar-refractivity contribution in [3.05, 3.63) is 60.7 Å². The Morgan fingerprint density at radius 1 is 0.727 bits per heavy atom. The Balaban J connectivity index is 0.000000517. The van der Waals surface area contributed by atoms with Gasteiger partial charge in [0.25, 0.3) is 0 Å². The van der Waals surface area contributed by atoms with Crippen LogP contribution in [-0.2, 0) is 10.4 Å². The van der Waals surface area contributed by atoms with Crippen molar-refractivity contribution in [3.63, 3.8) is 0 Å². The van der Waals surface area contributed by atoms with Crippen LogP contribution in [0.4, 0.5) is 0 Å². The van der Waals surface area contributed by atoms with Crippen LogP contribution < -0.4 is 43.3 Å². The fourth-order valence-electron chi connectivity index (χ4n) is 1.76. The van der Waals surface area contributed by atoms with Crippen molar-refractivity contribution in [2.45, 2.75) is 0 Å². The van der Waals surface area contributed by atoms with Crippen LogP contribution in [0.5, 0.6) is 11.5 Å². The third kappa shape index (κ3) is 24.2. The van der Waals surface area contributed by atoms with Crippen LogP contribution in [0.25, 0.3) is 0 Å². The van der Waals surface area contributed by atoms with E-state index in [2.05, 4.69) is 21.1 Å². The normalized spacial score (nSPS) is 9.52. The third-order valence-corrected chi connectivity index (χ3v) is 2.87. The number of hydrogen-bond acceptors (Lipinski definition) is 8. The molecule has 0 aliphatic carbocycles. The zero-order valence-electron chi connectivity index (χ0n) is 17.7. The number of benzene rings is 2. The lowest BCUT2D eigenvalue weighted by Crippen LogP contribution is -2.27. The van der Waals surface area contributed by atoms with Gasteiger partial charge in [0.2, 0.25) is 11.9 Å². The minimum absolute atomic E-state index is 0.0183. The summed E-state index contributed by atoms with van der Waals surface area (Å²) in [6.45, 7) is 2.15. The Hall–Kier alpha value is -3.95. The first-order chi connectivity index (χ1) is 15.6.